The number of nitrogens with two attached hydrogens (primary N) is 1. The second kappa shape index (κ2) is 13.7. The van der Waals surface area contributed by atoms with Gasteiger partial charge in [0.1, 0.15) is 23.6 Å². The number of phenolic OH excluding ortho intramolecular Hbond substituents is 1. The standard InChI is InChI=1S/C23H26N2O3.C6H13N/c1-4-7-18-16-19(28-15-14-27-3)12-13-25(18)21(5-2)20-11-10-17-8-6-9-22(26)23(17)24-20;7-6-4-2-1-3-5-6/h5-13,16,26H,4,14-15H2,1-3H3;6H,1-5,7H2/b18-7+,21-5-;. The number of hydrogen-bond donors (Lipinski definition) is 2. The molecule has 2 aromatic rings. The molecule has 1 aliphatic carbocycles. The van der Waals surface area contributed by atoms with Crippen molar-refractivity contribution >= 4 is 16.6 Å². The summed E-state index contributed by atoms with van der Waals surface area (Å²) >= 11 is 0. The molecule has 1 fully saturated rings. The predicted molar refractivity (Wildman–Crippen MR) is 143 cm³/mol. The van der Waals surface area contributed by atoms with E-state index in [0.717, 1.165) is 34.7 Å². The van der Waals surface area contributed by atoms with Crippen LogP contribution >= 0.6 is 0 Å². The number of phenols is 1. The molecule has 1 aromatic heterocycles. The van der Waals surface area contributed by atoms with Crippen LogP contribution in [-0.2, 0) is 9.47 Å². The Hall–Kier alpha value is -3.09. The molecule has 0 spiro atoms. The number of para-hydroxylation sites is 1. The van der Waals surface area contributed by atoms with Crippen LogP contribution in [0.5, 0.6) is 5.75 Å². The minimum atomic E-state index is 0.182. The molecule has 1 aliphatic heterocycles. The molecule has 2 aliphatic rings. The summed E-state index contributed by atoms with van der Waals surface area (Å²) in [4.78, 5) is 6.79. The lowest BCUT2D eigenvalue weighted by molar-refractivity contribution is 0.114. The van der Waals surface area contributed by atoms with Crippen LogP contribution in [0.4, 0.5) is 0 Å². The Morgan fingerprint density at radius 1 is 1.17 bits per heavy atom. The molecule has 4 rings (SSSR count). The molecular weight excluding hydrogens is 438 g/mol. The lowest BCUT2D eigenvalue weighted by atomic mass is 9.97. The van der Waals surface area contributed by atoms with Crippen LogP contribution in [-0.4, -0.2) is 41.4 Å². The Labute approximate surface area is 209 Å². The molecule has 1 aromatic carbocycles. The molecule has 0 saturated heterocycles. The summed E-state index contributed by atoms with van der Waals surface area (Å²) < 4.78 is 10.8. The zero-order valence-electron chi connectivity index (χ0n) is 21.2. The van der Waals surface area contributed by atoms with Gasteiger partial charge in [-0.15, -0.1) is 0 Å². The Balaban J connectivity index is 0.000000420. The van der Waals surface area contributed by atoms with Gasteiger partial charge in [-0.05, 0) is 44.4 Å². The topological polar surface area (TPSA) is 80.8 Å². The van der Waals surface area contributed by atoms with Crippen LogP contribution in [0.3, 0.4) is 0 Å². The monoisotopic (exact) mass is 477 g/mol. The van der Waals surface area contributed by atoms with Crippen molar-refractivity contribution in [2.24, 2.45) is 5.73 Å². The number of pyridine rings is 1. The molecule has 6 heteroatoms. The Morgan fingerprint density at radius 3 is 2.63 bits per heavy atom. The first kappa shape index (κ1) is 26.5. The number of hydrogen-bond acceptors (Lipinski definition) is 6. The van der Waals surface area contributed by atoms with Gasteiger partial charge in [0.2, 0.25) is 0 Å². The van der Waals surface area contributed by atoms with Gasteiger partial charge in [0.15, 0.2) is 0 Å². The van der Waals surface area contributed by atoms with Crippen molar-refractivity contribution in [3.8, 4) is 5.75 Å². The Bertz CT molecular complexity index is 1080. The minimum absolute atomic E-state index is 0.182. The van der Waals surface area contributed by atoms with Crippen LogP contribution in [0, 0.1) is 0 Å². The molecule has 0 atom stereocenters. The van der Waals surface area contributed by atoms with Gasteiger partial charge in [0.05, 0.1) is 18.0 Å². The summed E-state index contributed by atoms with van der Waals surface area (Å²) in [5.74, 6) is 0.981. The van der Waals surface area contributed by atoms with Crippen molar-refractivity contribution in [3.05, 3.63) is 78.0 Å². The van der Waals surface area contributed by atoms with Crippen LogP contribution in [0.1, 0.15) is 58.1 Å². The maximum atomic E-state index is 10.2. The van der Waals surface area contributed by atoms with Gasteiger partial charge in [0, 0.05) is 36.5 Å². The van der Waals surface area contributed by atoms with Crippen molar-refractivity contribution in [1.29, 1.82) is 0 Å². The highest BCUT2D eigenvalue weighted by Crippen LogP contribution is 2.31. The fourth-order valence-corrected chi connectivity index (χ4v) is 4.23. The number of methoxy groups -OCH3 is 1. The predicted octanol–water partition coefficient (Wildman–Crippen LogP) is 6.25. The molecule has 0 bridgehead atoms. The fraction of sp³-hybridized carbons (Fsp3) is 0.414. The molecule has 0 radical (unpaired) electrons. The number of rotatable bonds is 7. The maximum Gasteiger partial charge on any atom is 0.141 e. The zero-order valence-corrected chi connectivity index (χ0v) is 21.2. The molecular formula is C29H39N3O3. The molecule has 35 heavy (non-hydrogen) atoms. The number of ether oxygens (including phenoxy) is 2. The van der Waals surface area contributed by atoms with Gasteiger partial charge in [-0.2, -0.15) is 0 Å². The smallest absolute Gasteiger partial charge is 0.141 e. The third-order valence-corrected chi connectivity index (χ3v) is 6.07. The summed E-state index contributed by atoms with van der Waals surface area (Å²) in [6, 6.07) is 9.91. The number of benzene rings is 1. The SMILES string of the molecule is C/C=C(/c1ccc2cccc(O)c2n1)N1C=CC(OCCOC)=C/C1=C\CC.NC1CCCCC1. The van der Waals surface area contributed by atoms with Crippen LogP contribution < -0.4 is 5.73 Å². The molecule has 0 amide bonds. The van der Waals surface area contributed by atoms with Gasteiger partial charge in [-0.1, -0.05) is 56.5 Å². The number of nitrogens with zero attached hydrogens (tertiary/aromatic N) is 2. The average Bonchev–Trinajstić information content (AvgIpc) is 2.87. The summed E-state index contributed by atoms with van der Waals surface area (Å²) in [6.07, 6.45) is 17.7. The minimum Gasteiger partial charge on any atom is -0.506 e. The van der Waals surface area contributed by atoms with E-state index in [-0.39, 0.29) is 5.75 Å². The summed E-state index contributed by atoms with van der Waals surface area (Å²) in [5.41, 5.74) is 8.98. The van der Waals surface area contributed by atoms with E-state index in [2.05, 4.69) is 17.9 Å². The highest BCUT2D eigenvalue weighted by Gasteiger charge is 2.18. The third-order valence-electron chi connectivity index (χ3n) is 6.07. The quantitative estimate of drug-likeness (QED) is 0.459. The van der Waals surface area contributed by atoms with Crippen molar-refractivity contribution < 1.29 is 14.6 Å². The first-order chi connectivity index (χ1) is 17.1. The van der Waals surface area contributed by atoms with E-state index in [1.54, 1.807) is 13.2 Å². The van der Waals surface area contributed by atoms with E-state index in [9.17, 15) is 5.11 Å². The number of fused-ring (bicyclic) bond motifs is 1. The highest BCUT2D eigenvalue weighted by molar-refractivity contribution is 5.86. The first-order valence-electron chi connectivity index (χ1n) is 12.6. The Kier molecular flexibility index (Phi) is 10.4. The van der Waals surface area contributed by atoms with Gasteiger partial charge < -0.3 is 25.2 Å². The summed E-state index contributed by atoms with van der Waals surface area (Å²) in [6.45, 7) is 5.14. The van der Waals surface area contributed by atoms with Crippen molar-refractivity contribution in [2.75, 3.05) is 20.3 Å². The van der Waals surface area contributed by atoms with Crippen molar-refractivity contribution in [1.82, 2.24) is 9.88 Å². The van der Waals surface area contributed by atoms with E-state index in [4.69, 9.17) is 20.2 Å². The highest BCUT2D eigenvalue weighted by atomic mass is 16.5. The lowest BCUT2D eigenvalue weighted by Gasteiger charge is -2.28. The summed E-state index contributed by atoms with van der Waals surface area (Å²) in [7, 11) is 1.66. The molecule has 6 nitrogen and oxygen atoms in total. The van der Waals surface area contributed by atoms with E-state index in [1.807, 2.05) is 55.6 Å². The van der Waals surface area contributed by atoms with Gasteiger partial charge in [-0.25, -0.2) is 4.98 Å². The van der Waals surface area contributed by atoms with Gasteiger partial charge in [-0.3, -0.25) is 0 Å². The number of aromatic hydroxyl groups is 1. The largest absolute Gasteiger partial charge is 0.506 e. The third kappa shape index (κ3) is 7.44. The van der Waals surface area contributed by atoms with Crippen LogP contribution in [0.25, 0.3) is 16.6 Å². The van der Waals surface area contributed by atoms with Gasteiger partial charge in [0.25, 0.3) is 0 Å². The van der Waals surface area contributed by atoms with E-state index in [0.29, 0.717) is 24.8 Å². The van der Waals surface area contributed by atoms with Gasteiger partial charge >= 0.3 is 0 Å². The number of allylic oxidation sites excluding steroid dienone is 4. The van der Waals surface area contributed by atoms with Crippen LogP contribution in [0.15, 0.2) is 72.3 Å². The van der Waals surface area contributed by atoms with E-state index >= 15 is 0 Å². The normalized spacial score (nSPS) is 17.8. The summed E-state index contributed by atoms with van der Waals surface area (Å²) in [5, 5.41) is 11.1. The molecule has 0 unspecified atom stereocenters. The average molecular weight is 478 g/mol. The second-order valence-corrected chi connectivity index (χ2v) is 8.73. The van der Waals surface area contributed by atoms with Crippen molar-refractivity contribution in [2.45, 2.75) is 58.4 Å². The molecule has 2 heterocycles. The molecule has 3 N–H and O–H groups in total. The number of aromatic nitrogens is 1. The van der Waals surface area contributed by atoms with E-state index in [1.165, 1.54) is 32.1 Å². The van der Waals surface area contributed by atoms with Crippen molar-refractivity contribution in [3.63, 3.8) is 0 Å². The fourth-order valence-electron chi connectivity index (χ4n) is 4.23. The Morgan fingerprint density at radius 2 is 1.97 bits per heavy atom. The first-order valence-corrected chi connectivity index (χ1v) is 12.6. The molecule has 188 valence electrons. The second-order valence-electron chi connectivity index (χ2n) is 8.73. The van der Waals surface area contributed by atoms with Crippen LogP contribution in [0.2, 0.25) is 0 Å². The zero-order chi connectivity index (χ0) is 25.0. The maximum absolute atomic E-state index is 10.2. The molecule has 1 saturated carbocycles. The van der Waals surface area contributed by atoms with E-state index < -0.39 is 0 Å². The lowest BCUT2D eigenvalue weighted by Crippen LogP contribution is -2.22.